The molecule has 3 aromatic rings. The molecule has 0 aliphatic carbocycles. The maximum absolute atomic E-state index is 6.10. The van der Waals surface area contributed by atoms with Gasteiger partial charge in [-0.15, -0.1) is 0 Å². The number of anilines is 2. The second-order valence-corrected chi connectivity index (χ2v) is 6.37. The molecule has 0 N–H and O–H groups in total. The van der Waals surface area contributed by atoms with Crippen LogP contribution in [0.3, 0.4) is 0 Å². The summed E-state index contributed by atoms with van der Waals surface area (Å²) in [6.45, 7) is 3.92. The van der Waals surface area contributed by atoms with Crippen LogP contribution in [0.15, 0.2) is 67.0 Å². The SMILES string of the molecule is Clc1cccc(N2CCN(c3cnn(-c4ccccc4)c3)CC2)c1. The second kappa shape index (κ2) is 6.57. The van der Waals surface area contributed by atoms with Crippen LogP contribution in [-0.2, 0) is 0 Å². The lowest BCUT2D eigenvalue weighted by Crippen LogP contribution is -2.46. The fraction of sp³-hybridized carbons (Fsp3) is 0.211. The highest BCUT2D eigenvalue weighted by molar-refractivity contribution is 6.30. The molecule has 0 spiro atoms. The zero-order chi connectivity index (χ0) is 16.4. The van der Waals surface area contributed by atoms with E-state index in [4.69, 9.17) is 11.6 Å². The van der Waals surface area contributed by atoms with Crippen LogP contribution in [-0.4, -0.2) is 36.0 Å². The smallest absolute Gasteiger partial charge is 0.0758 e. The van der Waals surface area contributed by atoms with Crippen molar-refractivity contribution in [3.63, 3.8) is 0 Å². The van der Waals surface area contributed by atoms with Gasteiger partial charge in [-0.2, -0.15) is 5.10 Å². The van der Waals surface area contributed by atoms with Gasteiger partial charge in [-0.1, -0.05) is 35.9 Å². The van der Waals surface area contributed by atoms with Gasteiger partial charge < -0.3 is 9.80 Å². The lowest BCUT2D eigenvalue weighted by Gasteiger charge is -2.36. The number of hydrogen-bond acceptors (Lipinski definition) is 3. The van der Waals surface area contributed by atoms with Crippen LogP contribution >= 0.6 is 11.6 Å². The standard InChI is InChI=1S/C19H19ClN4/c20-16-5-4-8-18(13-16)22-9-11-23(12-10-22)19-14-21-24(15-19)17-6-2-1-3-7-17/h1-8,13-15H,9-12H2. The summed E-state index contributed by atoms with van der Waals surface area (Å²) in [5.74, 6) is 0. The Morgan fingerprint density at radius 1 is 0.750 bits per heavy atom. The maximum atomic E-state index is 6.10. The molecule has 1 aromatic heterocycles. The summed E-state index contributed by atoms with van der Waals surface area (Å²) in [4.78, 5) is 4.76. The average Bonchev–Trinajstić information content (AvgIpc) is 3.13. The molecular formula is C19H19ClN4. The first-order valence-electron chi connectivity index (χ1n) is 8.15. The molecule has 4 rings (SSSR count). The quantitative estimate of drug-likeness (QED) is 0.725. The van der Waals surface area contributed by atoms with Crippen LogP contribution in [0.1, 0.15) is 0 Å². The lowest BCUT2D eigenvalue weighted by atomic mass is 10.2. The molecule has 122 valence electrons. The minimum atomic E-state index is 0.791. The number of hydrogen-bond donors (Lipinski definition) is 0. The Morgan fingerprint density at radius 3 is 2.12 bits per heavy atom. The van der Waals surface area contributed by atoms with Crippen LogP contribution in [0.2, 0.25) is 5.02 Å². The summed E-state index contributed by atoms with van der Waals surface area (Å²) in [5, 5.41) is 5.29. The Balaban J connectivity index is 1.44. The highest BCUT2D eigenvalue weighted by Crippen LogP contribution is 2.23. The molecule has 0 saturated carbocycles. The third-order valence-corrected chi connectivity index (χ3v) is 4.64. The summed E-state index contributed by atoms with van der Waals surface area (Å²) < 4.78 is 1.93. The molecule has 0 amide bonds. The number of aromatic nitrogens is 2. The van der Waals surface area contributed by atoms with Crippen LogP contribution in [0.5, 0.6) is 0 Å². The van der Waals surface area contributed by atoms with Crippen molar-refractivity contribution < 1.29 is 0 Å². The van der Waals surface area contributed by atoms with Crippen molar-refractivity contribution in [2.45, 2.75) is 0 Å². The number of nitrogens with zero attached hydrogens (tertiary/aromatic N) is 4. The third kappa shape index (κ3) is 3.10. The largest absolute Gasteiger partial charge is 0.368 e. The zero-order valence-electron chi connectivity index (χ0n) is 13.3. The van der Waals surface area contributed by atoms with E-state index in [1.54, 1.807) is 0 Å². The van der Waals surface area contributed by atoms with Crippen molar-refractivity contribution in [3.8, 4) is 5.69 Å². The number of halogens is 1. The van der Waals surface area contributed by atoms with E-state index >= 15 is 0 Å². The van der Waals surface area contributed by atoms with E-state index in [9.17, 15) is 0 Å². The summed E-state index contributed by atoms with van der Waals surface area (Å²) in [6.07, 6.45) is 4.05. The van der Waals surface area contributed by atoms with Crippen molar-refractivity contribution >= 4 is 23.0 Å². The molecule has 0 bridgehead atoms. The Labute approximate surface area is 146 Å². The van der Waals surface area contributed by atoms with Crippen molar-refractivity contribution in [1.82, 2.24) is 9.78 Å². The van der Waals surface area contributed by atoms with Gasteiger partial charge in [-0.05, 0) is 30.3 Å². The van der Waals surface area contributed by atoms with Gasteiger partial charge in [0, 0.05) is 36.9 Å². The number of piperazine rings is 1. The minimum absolute atomic E-state index is 0.791. The van der Waals surface area contributed by atoms with Gasteiger partial charge >= 0.3 is 0 Å². The first kappa shape index (κ1) is 15.1. The van der Waals surface area contributed by atoms with Crippen LogP contribution in [0, 0.1) is 0 Å². The van der Waals surface area contributed by atoms with Crippen LogP contribution in [0.25, 0.3) is 5.69 Å². The van der Waals surface area contributed by atoms with Gasteiger partial charge in [-0.25, -0.2) is 4.68 Å². The molecule has 0 atom stereocenters. The van der Waals surface area contributed by atoms with Gasteiger partial charge in [0.05, 0.1) is 23.8 Å². The van der Waals surface area contributed by atoms with Crippen LogP contribution in [0.4, 0.5) is 11.4 Å². The summed E-state index contributed by atoms with van der Waals surface area (Å²) in [6, 6.07) is 18.3. The first-order valence-corrected chi connectivity index (χ1v) is 8.53. The summed E-state index contributed by atoms with van der Waals surface area (Å²) in [5.41, 5.74) is 3.45. The molecule has 2 aromatic carbocycles. The molecular weight excluding hydrogens is 320 g/mol. The van der Waals surface area contributed by atoms with Gasteiger partial charge in [0.2, 0.25) is 0 Å². The van der Waals surface area contributed by atoms with Crippen molar-refractivity contribution in [2.24, 2.45) is 0 Å². The normalized spacial score (nSPS) is 14.9. The monoisotopic (exact) mass is 338 g/mol. The van der Waals surface area contributed by atoms with E-state index in [0.29, 0.717) is 0 Å². The predicted molar refractivity (Wildman–Crippen MR) is 99.4 cm³/mol. The fourth-order valence-electron chi connectivity index (χ4n) is 3.09. The molecule has 1 saturated heterocycles. The molecule has 5 heteroatoms. The minimum Gasteiger partial charge on any atom is -0.368 e. The molecule has 1 aliphatic heterocycles. The molecule has 4 nitrogen and oxygen atoms in total. The Bertz CT molecular complexity index is 807. The zero-order valence-corrected chi connectivity index (χ0v) is 14.1. The molecule has 1 fully saturated rings. The van der Waals surface area contributed by atoms with E-state index in [1.807, 2.05) is 47.3 Å². The highest BCUT2D eigenvalue weighted by Gasteiger charge is 2.18. The predicted octanol–water partition coefficient (Wildman–Crippen LogP) is 3.85. The maximum Gasteiger partial charge on any atom is 0.0758 e. The highest BCUT2D eigenvalue weighted by atomic mass is 35.5. The van der Waals surface area contributed by atoms with E-state index in [0.717, 1.165) is 36.9 Å². The van der Waals surface area contributed by atoms with Gasteiger partial charge in [0.25, 0.3) is 0 Å². The van der Waals surface area contributed by atoms with Crippen molar-refractivity contribution in [1.29, 1.82) is 0 Å². The van der Waals surface area contributed by atoms with E-state index in [-0.39, 0.29) is 0 Å². The Kier molecular flexibility index (Phi) is 4.13. The lowest BCUT2D eigenvalue weighted by molar-refractivity contribution is 0.653. The molecule has 2 heterocycles. The fourth-order valence-corrected chi connectivity index (χ4v) is 3.28. The Hall–Kier alpha value is -2.46. The van der Waals surface area contributed by atoms with E-state index in [2.05, 4.69) is 39.3 Å². The summed E-state index contributed by atoms with van der Waals surface area (Å²) in [7, 11) is 0. The topological polar surface area (TPSA) is 24.3 Å². The molecule has 0 radical (unpaired) electrons. The first-order chi connectivity index (χ1) is 11.8. The second-order valence-electron chi connectivity index (χ2n) is 5.93. The molecule has 1 aliphatic rings. The van der Waals surface area contributed by atoms with E-state index < -0.39 is 0 Å². The number of benzene rings is 2. The van der Waals surface area contributed by atoms with Crippen LogP contribution < -0.4 is 9.80 Å². The van der Waals surface area contributed by atoms with Gasteiger partial charge in [0.1, 0.15) is 0 Å². The van der Waals surface area contributed by atoms with Crippen molar-refractivity contribution in [2.75, 3.05) is 36.0 Å². The van der Waals surface area contributed by atoms with Gasteiger partial charge in [0.15, 0.2) is 0 Å². The van der Waals surface area contributed by atoms with E-state index in [1.165, 1.54) is 11.4 Å². The molecule has 0 unspecified atom stereocenters. The third-order valence-electron chi connectivity index (χ3n) is 4.41. The average molecular weight is 339 g/mol. The summed E-state index contributed by atoms with van der Waals surface area (Å²) >= 11 is 6.10. The number of para-hydroxylation sites is 1. The van der Waals surface area contributed by atoms with Gasteiger partial charge in [-0.3, -0.25) is 0 Å². The van der Waals surface area contributed by atoms with Crippen molar-refractivity contribution in [3.05, 3.63) is 72.0 Å². The number of rotatable bonds is 3. The molecule has 24 heavy (non-hydrogen) atoms. The Morgan fingerprint density at radius 2 is 1.42 bits per heavy atom.